The average molecular weight is 281 g/mol. The van der Waals surface area contributed by atoms with Gasteiger partial charge in [0, 0.05) is 25.1 Å². The van der Waals surface area contributed by atoms with Gasteiger partial charge in [0.1, 0.15) is 5.82 Å². The van der Waals surface area contributed by atoms with Gasteiger partial charge in [0.15, 0.2) is 11.6 Å². The molecule has 2 rings (SSSR count). The highest BCUT2D eigenvalue weighted by molar-refractivity contribution is 5.75. The lowest BCUT2D eigenvalue weighted by atomic mass is 10.2. The first kappa shape index (κ1) is 14.9. The van der Waals surface area contributed by atoms with Gasteiger partial charge in [0.05, 0.1) is 11.0 Å². The summed E-state index contributed by atoms with van der Waals surface area (Å²) >= 11 is 0. The van der Waals surface area contributed by atoms with Crippen LogP contribution in [0.2, 0.25) is 0 Å². The summed E-state index contributed by atoms with van der Waals surface area (Å²) in [6.07, 6.45) is 5.69. The molecule has 1 aromatic heterocycles. The van der Waals surface area contributed by atoms with Crippen molar-refractivity contribution in [2.75, 3.05) is 13.1 Å². The van der Waals surface area contributed by atoms with E-state index in [1.165, 1.54) is 25.7 Å². The van der Waals surface area contributed by atoms with Crippen LogP contribution in [0.3, 0.4) is 0 Å². The molecule has 0 saturated carbocycles. The van der Waals surface area contributed by atoms with Crippen LogP contribution in [0.15, 0.2) is 12.1 Å². The van der Waals surface area contributed by atoms with Crippen LogP contribution >= 0.6 is 0 Å². The second kappa shape index (κ2) is 7.33. The van der Waals surface area contributed by atoms with Crippen LogP contribution in [-0.2, 0) is 6.42 Å². The number of H-pyrrole nitrogens is 1. The van der Waals surface area contributed by atoms with Crippen LogP contribution in [-0.4, -0.2) is 23.1 Å². The number of fused-ring (bicyclic) bond motifs is 1. The van der Waals surface area contributed by atoms with Gasteiger partial charge < -0.3 is 10.3 Å². The van der Waals surface area contributed by atoms with Crippen molar-refractivity contribution in [2.45, 2.75) is 39.0 Å². The molecular formula is C15H21F2N3. The van der Waals surface area contributed by atoms with Gasteiger partial charge in [-0.3, -0.25) is 0 Å². The number of aromatic nitrogens is 2. The highest BCUT2D eigenvalue weighted by Crippen LogP contribution is 2.16. The lowest BCUT2D eigenvalue weighted by molar-refractivity contribution is 0.510. The first-order valence-electron chi connectivity index (χ1n) is 7.25. The predicted molar refractivity (Wildman–Crippen MR) is 76.7 cm³/mol. The number of unbranched alkanes of at least 4 members (excludes halogenated alkanes) is 3. The molecule has 0 fully saturated rings. The normalized spacial score (nSPS) is 11.3. The van der Waals surface area contributed by atoms with Crippen molar-refractivity contribution in [3.8, 4) is 0 Å². The van der Waals surface area contributed by atoms with Crippen LogP contribution in [0.4, 0.5) is 8.78 Å². The molecule has 0 saturated heterocycles. The van der Waals surface area contributed by atoms with Crippen molar-refractivity contribution in [2.24, 2.45) is 0 Å². The Morgan fingerprint density at radius 2 is 1.90 bits per heavy atom. The van der Waals surface area contributed by atoms with E-state index in [0.717, 1.165) is 37.5 Å². The molecule has 0 aliphatic rings. The maximum atomic E-state index is 13.1. The molecule has 110 valence electrons. The topological polar surface area (TPSA) is 40.7 Å². The van der Waals surface area contributed by atoms with Crippen molar-refractivity contribution in [3.63, 3.8) is 0 Å². The van der Waals surface area contributed by atoms with E-state index in [1.807, 2.05) is 0 Å². The van der Waals surface area contributed by atoms with Crippen LogP contribution in [0.25, 0.3) is 11.0 Å². The fraction of sp³-hybridized carbons (Fsp3) is 0.533. The first-order valence-corrected chi connectivity index (χ1v) is 7.25. The van der Waals surface area contributed by atoms with Crippen LogP contribution in [0, 0.1) is 11.6 Å². The molecule has 5 heteroatoms. The molecule has 20 heavy (non-hydrogen) atoms. The van der Waals surface area contributed by atoms with Gasteiger partial charge in [-0.1, -0.05) is 26.2 Å². The first-order chi connectivity index (χ1) is 9.70. The van der Waals surface area contributed by atoms with E-state index in [9.17, 15) is 8.78 Å². The summed E-state index contributed by atoms with van der Waals surface area (Å²) in [5.74, 6) is -0.947. The number of nitrogens with zero attached hydrogens (tertiary/aromatic N) is 1. The SMILES string of the molecule is CCCCCCNCCc1nc2cc(F)c(F)cc2[nH]1. The number of imidazole rings is 1. The molecule has 0 amide bonds. The van der Waals surface area contributed by atoms with E-state index in [1.54, 1.807) is 0 Å². The fourth-order valence-corrected chi connectivity index (χ4v) is 2.18. The van der Waals surface area contributed by atoms with Gasteiger partial charge in [-0.2, -0.15) is 0 Å². The number of halogens is 2. The standard InChI is InChI=1S/C15H21F2N3/c1-2-3-4-5-7-18-8-6-15-19-13-9-11(16)12(17)10-14(13)20-15/h9-10,18H,2-8H2,1H3,(H,19,20). The summed E-state index contributed by atoms with van der Waals surface area (Å²) in [6, 6.07) is 2.28. The Balaban J connectivity index is 1.79. The smallest absolute Gasteiger partial charge is 0.161 e. The third kappa shape index (κ3) is 4.00. The minimum Gasteiger partial charge on any atom is -0.342 e. The monoisotopic (exact) mass is 281 g/mol. The van der Waals surface area contributed by atoms with Crippen molar-refractivity contribution in [1.82, 2.24) is 15.3 Å². The number of benzene rings is 1. The fourth-order valence-electron chi connectivity index (χ4n) is 2.18. The Morgan fingerprint density at radius 3 is 2.70 bits per heavy atom. The molecule has 0 unspecified atom stereocenters. The number of hydrogen-bond acceptors (Lipinski definition) is 2. The molecular weight excluding hydrogens is 260 g/mol. The lowest BCUT2D eigenvalue weighted by Gasteiger charge is -2.02. The molecule has 1 aromatic carbocycles. The Hall–Kier alpha value is -1.49. The third-order valence-electron chi connectivity index (χ3n) is 3.32. The van der Waals surface area contributed by atoms with Crippen molar-refractivity contribution < 1.29 is 8.78 Å². The van der Waals surface area contributed by atoms with Gasteiger partial charge >= 0.3 is 0 Å². The molecule has 0 aliphatic heterocycles. The summed E-state index contributed by atoms with van der Waals surface area (Å²) in [5, 5.41) is 3.35. The molecule has 0 aliphatic carbocycles. The molecule has 0 radical (unpaired) electrons. The molecule has 3 nitrogen and oxygen atoms in total. The Labute approximate surface area is 117 Å². The summed E-state index contributed by atoms with van der Waals surface area (Å²) in [4.78, 5) is 7.28. The van der Waals surface area contributed by atoms with Gasteiger partial charge in [-0.05, 0) is 13.0 Å². The zero-order valence-electron chi connectivity index (χ0n) is 11.8. The lowest BCUT2D eigenvalue weighted by Crippen LogP contribution is -2.18. The van der Waals surface area contributed by atoms with Gasteiger partial charge in [-0.15, -0.1) is 0 Å². The van der Waals surface area contributed by atoms with E-state index >= 15 is 0 Å². The Bertz CT molecular complexity index is 512. The largest absolute Gasteiger partial charge is 0.342 e. The van der Waals surface area contributed by atoms with Crippen LogP contribution in [0.1, 0.15) is 38.4 Å². The van der Waals surface area contributed by atoms with Gasteiger partial charge in [-0.25, -0.2) is 13.8 Å². The molecule has 0 bridgehead atoms. The molecule has 2 aromatic rings. The molecule has 0 atom stereocenters. The minimum absolute atomic E-state index is 0.474. The molecule has 2 N–H and O–H groups in total. The third-order valence-corrected chi connectivity index (χ3v) is 3.32. The van der Waals surface area contributed by atoms with Crippen molar-refractivity contribution in [3.05, 3.63) is 29.6 Å². The van der Waals surface area contributed by atoms with Crippen molar-refractivity contribution >= 4 is 11.0 Å². The summed E-state index contributed by atoms with van der Waals surface area (Å²) in [6.45, 7) is 4.01. The van der Waals surface area contributed by atoms with E-state index < -0.39 is 11.6 Å². The number of aromatic amines is 1. The summed E-state index contributed by atoms with van der Waals surface area (Å²) in [7, 11) is 0. The Kier molecular flexibility index (Phi) is 5.47. The van der Waals surface area contributed by atoms with Crippen molar-refractivity contribution in [1.29, 1.82) is 0 Å². The highest BCUT2D eigenvalue weighted by Gasteiger charge is 2.08. The predicted octanol–water partition coefficient (Wildman–Crippen LogP) is 3.55. The maximum Gasteiger partial charge on any atom is 0.161 e. The van der Waals surface area contributed by atoms with Gasteiger partial charge in [0.2, 0.25) is 0 Å². The van der Waals surface area contributed by atoms with E-state index in [0.29, 0.717) is 11.0 Å². The second-order valence-electron chi connectivity index (χ2n) is 5.03. The van der Waals surface area contributed by atoms with E-state index in [-0.39, 0.29) is 0 Å². The quantitative estimate of drug-likeness (QED) is 0.726. The Morgan fingerprint density at radius 1 is 1.10 bits per heavy atom. The summed E-state index contributed by atoms with van der Waals surface area (Å²) in [5.41, 5.74) is 1.02. The van der Waals surface area contributed by atoms with Crippen LogP contribution in [0.5, 0.6) is 0 Å². The maximum absolute atomic E-state index is 13.1. The highest BCUT2D eigenvalue weighted by atomic mass is 19.2. The number of hydrogen-bond donors (Lipinski definition) is 2. The van der Waals surface area contributed by atoms with E-state index in [2.05, 4.69) is 22.2 Å². The zero-order valence-corrected chi connectivity index (χ0v) is 11.8. The average Bonchev–Trinajstić information content (AvgIpc) is 2.80. The molecule has 1 heterocycles. The minimum atomic E-state index is -0.857. The zero-order chi connectivity index (χ0) is 14.4. The van der Waals surface area contributed by atoms with Gasteiger partial charge in [0.25, 0.3) is 0 Å². The molecule has 0 spiro atoms. The second-order valence-corrected chi connectivity index (χ2v) is 5.03. The number of nitrogens with one attached hydrogen (secondary N) is 2. The summed E-state index contributed by atoms with van der Waals surface area (Å²) < 4.78 is 26.1. The number of rotatable bonds is 8. The van der Waals surface area contributed by atoms with E-state index in [4.69, 9.17) is 0 Å². The van der Waals surface area contributed by atoms with Crippen LogP contribution < -0.4 is 5.32 Å².